The van der Waals surface area contributed by atoms with Crippen molar-refractivity contribution in [2.45, 2.75) is 26.2 Å². The van der Waals surface area contributed by atoms with Gasteiger partial charge in [0.25, 0.3) is 0 Å². The highest BCUT2D eigenvalue weighted by Gasteiger charge is 2.21. The van der Waals surface area contributed by atoms with E-state index in [1.54, 1.807) is 4.68 Å². The molecule has 5 heteroatoms. The van der Waals surface area contributed by atoms with Gasteiger partial charge in [-0.05, 0) is 19.3 Å². The summed E-state index contributed by atoms with van der Waals surface area (Å²) in [6, 6.07) is 0. The first-order valence-electron chi connectivity index (χ1n) is 5.85. The van der Waals surface area contributed by atoms with Gasteiger partial charge >= 0.3 is 0 Å². The molecule has 1 aromatic rings. The van der Waals surface area contributed by atoms with E-state index in [0.717, 1.165) is 24.4 Å². The predicted octanol–water partition coefficient (Wildman–Crippen LogP) is 1.92. The van der Waals surface area contributed by atoms with E-state index in [4.69, 9.17) is 16.3 Å². The number of aromatic nitrogens is 2. The minimum atomic E-state index is 0.213. The summed E-state index contributed by atoms with van der Waals surface area (Å²) in [6.45, 7) is 3.34. The summed E-state index contributed by atoms with van der Waals surface area (Å²) in [5, 5.41) is 4.82. The van der Waals surface area contributed by atoms with Crippen LogP contribution < -0.4 is 0 Å². The van der Waals surface area contributed by atoms with Crippen LogP contribution >= 0.6 is 11.6 Å². The second kappa shape index (κ2) is 5.19. The van der Waals surface area contributed by atoms with Gasteiger partial charge in [0.15, 0.2) is 0 Å². The molecule has 1 saturated heterocycles. The lowest BCUT2D eigenvalue weighted by atomic mass is 9.99. The molecular weight excluding hydrogens is 240 g/mol. The number of carbonyl (C=O) groups excluding carboxylic acids is 1. The highest BCUT2D eigenvalue weighted by atomic mass is 35.5. The maximum absolute atomic E-state index is 11.9. The first-order valence-corrected chi connectivity index (χ1v) is 6.23. The normalized spacial score (nSPS) is 19.8. The number of carbonyl (C=O) groups is 1. The van der Waals surface area contributed by atoms with Crippen molar-refractivity contribution in [3.8, 4) is 0 Å². The first kappa shape index (κ1) is 12.6. The number of rotatable bonds is 4. The van der Waals surface area contributed by atoms with Crippen LogP contribution in [0.15, 0.2) is 0 Å². The van der Waals surface area contributed by atoms with E-state index < -0.39 is 0 Å². The third-order valence-electron chi connectivity index (χ3n) is 3.17. The molecule has 17 heavy (non-hydrogen) atoms. The Hall–Kier alpha value is -0.870. The first-order chi connectivity index (χ1) is 8.08. The zero-order chi connectivity index (χ0) is 12.4. The number of halogens is 1. The summed E-state index contributed by atoms with van der Waals surface area (Å²) in [6.07, 6.45) is 1.94. The summed E-state index contributed by atoms with van der Waals surface area (Å²) in [7, 11) is 1.82. The van der Waals surface area contributed by atoms with Gasteiger partial charge in [0.2, 0.25) is 0 Å². The van der Waals surface area contributed by atoms with E-state index >= 15 is 0 Å². The maximum atomic E-state index is 11.9. The zero-order valence-corrected chi connectivity index (χ0v) is 11.0. The van der Waals surface area contributed by atoms with Crippen LogP contribution in [0.1, 0.15) is 24.2 Å². The molecule has 0 N–H and O–H groups in total. The van der Waals surface area contributed by atoms with Crippen molar-refractivity contribution in [2.24, 2.45) is 13.0 Å². The Kier molecular flexibility index (Phi) is 3.84. The number of ketones is 1. The number of hydrogen-bond donors (Lipinski definition) is 0. The van der Waals surface area contributed by atoms with Crippen LogP contribution in [0.25, 0.3) is 0 Å². The minimum Gasteiger partial charge on any atom is -0.381 e. The van der Waals surface area contributed by atoms with E-state index in [0.29, 0.717) is 30.4 Å². The number of ether oxygens (including phenoxy) is 1. The molecule has 94 valence electrons. The number of Topliss-reactive ketones (excluding diaryl/α,β-unsaturated/α-hetero) is 1. The van der Waals surface area contributed by atoms with Gasteiger partial charge in [0.1, 0.15) is 5.78 Å². The van der Waals surface area contributed by atoms with Gasteiger partial charge in [0, 0.05) is 33.1 Å². The van der Waals surface area contributed by atoms with Crippen molar-refractivity contribution >= 4 is 17.4 Å². The standard InChI is InChI=1S/C12H17ClN2O2/c1-8-12(13)11(15(2)14-8)6-10(16)5-9-3-4-17-7-9/h9H,3-7H2,1-2H3. The van der Waals surface area contributed by atoms with Gasteiger partial charge in [-0.1, -0.05) is 11.6 Å². The largest absolute Gasteiger partial charge is 0.381 e. The lowest BCUT2D eigenvalue weighted by Gasteiger charge is -2.06. The Morgan fingerprint density at radius 3 is 2.94 bits per heavy atom. The van der Waals surface area contributed by atoms with E-state index in [1.807, 2.05) is 14.0 Å². The van der Waals surface area contributed by atoms with Gasteiger partial charge in [-0.15, -0.1) is 0 Å². The van der Waals surface area contributed by atoms with E-state index in [9.17, 15) is 4.79 Å². The molecule has 0 spiro atoms. The average molecular weight is 257 g/mol. The lowest BCUT2D eigenvalue weighted by Crippen LogP contribution is -2.13. The van der Waals surface area contributed by atoms with Crippen molar-refractivity contribution < 1.29 is 9.53 Å². The fourth-order valence-corrected chi connectivity index (χ4v) is 2.42. The van der Waals surface area contributed by atoms with Crippen LogP contribution in [-0.2, 0) is 23.0 Å². The van der Waals surface area contributed by atoms with Gasteiger partial charge in [-0.3, -0.25) is 9.48 Å². The third-order valence-corrected chi connectivity index (χ3v) is 3.66. The Labute approximate surface area is 106 Å². The second-order valence-electron chi connectivity index (χ2n) is 4.62. The molecule has 1 unspecified atom stereocenters. The van der Waals surface area contributed by atoms with E-state index in [2.05, 4.69) is 5.10 Å². The maximum Gasteiger partial charge on any atom is 0.139 e. The summed E-state index contributed by atoms with van der Waals surface area (Å²) in [5.74, 6) is 0.598. The molecule has 0 radical (unpaired) electrons. The molecule has 0 saturated carbocycles. The third kappa shape index (κ3) is 2.87. The molecule has 1 atom stereocenters. The molecule has 2 heterocycles. The van der Waals surface area contributed by atoms with Crippen LogP contribution in [-0.4, -0.2) is 28.8 Å². The molecule has 1 aliphatic rings. The van der Waals surface area contributed by atoms with Gasteiger partial charge < -0.3 is 4.74 Å². The van der Waals surface area contributed by atoms with Crippen LogP contribution in [0.3, 0.4) is 0 Å². The van der Waals surface area contributed by atoms with Crippen LogP contribution in [0.2, 0.25) is 5.02 Å². The van der Waals surface area contributed by atoms with Crippen molar-refractivity contribution in [1.82, 2.24) is 9.78 Å². The van der Waals surface area contributed by atoms with Crippen molar-refractivity contribution in [3.63, 3.8) is 0 Å². The summed E-state index contributed by atoms with van der Waals surface area (Å²) < 4.78 is 6.96. The Bertz CT molecular complexity index is 422. The summed E-state index contributed by atoms with van der Waals surface area (Å²) in [4.78, 5) is 11.9. The number of hydrogen-bond acceptors (Lipinski definition) is 3. The lowest BCUT2D eigenvalue weighted by molar-refractivity contribution is -0.119. The Balaban J connectivity index is 1.97. The fourth-order valence-electron chi connectivity index (χ4n) is 2.20. The molecule has 0 aromatic carbocycles. The number of aryl methyl sites for hydroxylation is 2. The molecule has 2 rings (SSSR count). The highest BCUT2D eigenvalue weighted by Crippen LogP contribution is 2.22. The Morgan fingerprint density at radius 2 is 2.41 bits per heavy atom. The molecule has 0 amide bonds. The monoisotopic (exact) mass is 256 g/mol. The molecule has 1 fully saturated rings. The van der Waals surface area contributed by atoms with Gasteiger partial charge in [0.05, 0.1) is 16.4 Å². The van der Waals surface area contributed by atoms with Gasteiger partial charge in [-0.2, -0.15) is 5.10 Å². The van der Waals surface area contributed by atoms with Crippen LogP contribution in [0.5, 0.6) is 0 Å². The van der Waals surface area contributed by atoms with Crippen molar-refractivity contribution in [2.75, 3.05) is 13.2 Å². The molecule has 0 bridgehead atoms. The highest BCUT2D eigenvalue weighted by molar-refractivity contribution is 6.32. The zero-order valence-electron chi connectivity index (χ0n) is 10.2. The summed E-state index contributed by atoms with van der Waals surface area (Å²) in [5.41, 5.74) is 1.59. The molecule has 0 aliphatic carbocycles. The topological polar surface area (TPSA) is 44.1 Å². The molecular formula is C12H17ClN2O2. The molecule has 4 nitrogen and oxygen atoms in total. The minimum absolute atomic E-state index is 0.213. The Morgan fingerprint density at radius 1 is 1.65 bits per heavy atom. The van der Waals surface area contributed by atoms with Crippen molar-refractivity contribution in [3.05, 3.63) is 16.4 Å². The SMILES string of the molecule is Cc1nn(C)c(CC(=O)CC2CCOC2)c1Cl. The average Bonchev–Trinajstić information content (AvgIpc) is 2.83. The quantitative estimate of drug-likeness (QED) is 0.827. The number of nitrogens with zero attached hydrogens (tertiary/aromatic N) is 2. The van der Waals surface area contributed by atoms with E-state index in [1.165, 1.54) is 0 Å². The van der Waals surface area contributed by atoms with Gasteiger partial charge in [-0.25, -0.2) is 0 Å². The van der Waals surface area contributed by atoms with Crippen LogP contribution in [0, 0.1) is 12.8 Å². The second-order valence-corrected chi connectivity index (χ2v) is 5.00. The molecule has 1 aliphatic heterocycles. The predicted molar refractivity (Wildman–Crippen MR) is 65.2 cm³/mol. The van der Waals surface area contributed by atoms with E-state index in [-0.39, 0.29) is 5.78 Å². The van der Waals surface area contributed by atoms with Crippen molar-refractivity contribution in [1.29, 1.82) is 0 Å². The summed E-state index contributed by atoms with van der Waals surface area (Å²) >= 11 is 6.11. The smallest absolute Gasteiger partial charge is 0.139 e. The van der Waals surface area contributed by atoms with Crippen LogP contribution in [0.4, 0.5) is 0 Å². The fraction of sp³-hybridized carbons (Fsp3) is 0.667. The molecule has 1 aromatic heterocycles.